The van der Waals surface area contributed by atoms with E-state index in [4.69, 9.17) is 9.94 Å². The number of aromatic nitrogens is 1. The van der Waals surface area contributed by atoms with Crippen LogP contribution in [0.2, 0.25) is 0 Å². The number of amides is 1. The number of alkyl halides is 1. The van der Waals surface area contributed by atoms with Gasteiger partial charge >= 0.3 is 5.97 Å². The fourth-order valence-electron chi connectivity index (χ4n) is 3.31. The van der Waals surface area contributed by atoms with E-state index in [1.165, 1.54) is 0 Å². The SMILES string of the molecule is CC(C)[C@@]1(C(=O)N[C@@H](CC(=O)O)C(=O)CF)C=C(c2nccc3ccccc23)NO1. The Bertz CT molecular complexity index is 1020. The average molecular weight is 415 g/mol. The number of hydroxylamine groups is 1. The highest BCUT2D eigenvalue weighted by Crippen LogP contribution is 2.34. The van der Waals surface area contributed by atoms with Crippen molar-refractivity contribution in [3.63, 3.8) is 0 Å². The number of nitrogens with one attached hydrogen (secondary N) is 2. The molecule has 9 heteroatoms. The zero-order valence-electron chi connectivity index (χ0n) is 16.5. The molecule has 1 aromatic heterocycles. The molecule has 0 aliphatic carbocycles. The lowest BCUT2D eigenvalue weighted by Crippen LogP contribution is -2.55. The number of benzene rings is 1. The van der Waals surface area contributed by atoms with Crippen LogP contribution in [0.25, 0.3) is 16.5 Å². The van der Waals surface area contributed by atoms with Crippen molar-refractivity contribution in [3.05, 3.63) is 48.3 Å². The maximum atomic E-state index is 13.1. The summed E-state index contributed by atoms with van der Waals surface area (Å²) in [5, 5.41) is 13.1. The highest BCUT2D eigenvalue weighted by atomic mass is 19.1. The third kappa shape index (κ3) is 4.02. The lowest BCUT2D eigenvalue weighted by atomic mass is 9.87. The second kappa shape index (κ2) is 8.58. The second-order valence-electron chi connectivity index (χ2n) is 7.31. The van der Waals surface area contributed by atoms with Crippen molar-refractivity contribution in [3.8, 4) is 0 Å². The minimum Gasteiger partial charge on any atom is -0.481 e. The number of nitrogens with zero attached hydrogens (tertiary/aromatic N) is 1. The van der Waals surface area contributed by atoms with Crippen LogP contribution >= 0.6 is 0 Å². The topological polar surface area (TPSA) is 118 Å². The standard InChI is InChI=1S/C21H22FN3O5/c1-12(2)21(20(29)24-15(9-18(27)28)17(26)11-22)10-16(25-30-21)19-14-6-4-3-5-13(14)7-8-23-19/h3-8,10,12,15,25H,9,11H2,1-2H3,(H,24,29)(H,27,28)/t15-,21+/m0/s1. The fraction of sp³-hybridized carbons (Fsp3) is 0.333. The Hall–Kier alpha value is -3.33. The van der Waals surface area contributed by atoms with E-state index in [2.05, 4.69) is 15.8 Å². The quantitative estimate of drug-likeness (QED) is 0.604. The molecule has 0 unspecified atom stereocenters. The molecular formula is C21H22FN3O5. The Balaban J connectivity index is 1.96. The molecule has 0 saturated heterocycles. The van der Waals surface area contributed by atoms with Gasteiger partial charge in [0.05, 0.1) is 17.8 Å². The Kier molecular flexibility index (Phi) is 6.12. The van der Waals surface area contributed by atoms with E-state index in [1.54, 1.807) is 26.1 Å². The first kappa shape index (κ1) is 21.4. The molecule has 1 aliphatic heterocycles. The number of hydrogen-bond donors (Lipinski definition) is 3. The summed E-state index contributed by atoms with van der Waals surface area (Å²) in [4.78, 5) is 45.9. The van der Waals surface area contributed by atoms with Crippen LogP contribution < -0.4 is 10.8 Å². The van der Waals surface area contributed by atoms with E-state index < -0.39 is 48.3 Å². The zero-order valence-corrected chi connectivity index (χ0v) is 16.5. The van der Waals surface area contributed by atoms with Gasteiger partial charge in [0, 0.05) is 11.6 Å². The normalized spacial score (nSPS) is 19.3. The summed E-state index contributed by atoms with van der Waals surface area (Å²) in [5.74, 6) is -3.49. The molecule has 30 heavy (non-hydrogen) atoms. The maximum absolute atomic E-state index is 13.1. The van der Waals surface area contributed by atoms with Crippen molar-refractivity contribution < 1.29 is 28.7 Å². The number of Topliss-reactive ketones (excluding diaryl/α,β-unsaturated/α-hetero) is 1. The molecule has 0 saturated carbocycles. The van der Waals surface area contributed by atoms with Gasteiger partial charge in [0.15, 0.2) is 11.4 Å². The molecule has 2 heterocycles. The number of halogens is 1. The van der Waals surface area contributed by atoms with Crippen LogP contribution in [0, 0.1) is 5.92 Å². The molecule has 0 radical (unpaired) electrons. The van der Waals surface area contributed by atoms with E-state index in [0.29, 0.717) is 11.4 Å². The highest BCUT2D eigenvalue weighted by Gasteiger charge is 2.47. The van der Waals surface area contributed by atoms with Crippen LogP contribution in [0.4, 0.5) is 4.39 Å². The van der Waals surface area contributed by atoms with E-state index in [9.17, 15) is 18.8 Å². The molecule has 1 aromatic carbocycles. The molecule has 0 bridgehead atoms. The summed E-state index contributed by atoms with van der Waals surface area (Å²) in [5.41, 5.74) is 2.23. The Morgan fingerprint density at radius 1 is 1.27 bits per heavy atom. The van der Waals surface area contributed by atoms with Crippen LogP contribution in [0.15, 0.2) is 42.6 Å². The first-order valence-electron chi connectivity index (χ1n) is 9.41. The molecule has 2 aromatic rings. The summed E-state index contributed by atoms with van der Waals surface area (Å²) < 4.78 is 12.8. The zero-order chi connectivity index (χ0) is 21.9. The first-order valence-corrected chi connectivity index (χ1v) is 9.41. The highest BCUT2D eigenvalue weighted by molar-refractivity contribution is 5.98. The van der Waals surface area contributed by atoms with Crippen molar-refractivity contribution >= 4 is 34.1 Å². The number of carboxylic acid groups (broad SMARTS) is 1. The van der Waals surface area contributed by atoms with Gasteiger partial charge in [-0.05, 0) is 23.4 Å². The number of rotatable bonds is 8. The largest absolute Gasteiger partial charge is 0.481 e. The van der Waals surface area contributed by atoms with Gasteiger partial charge in [-0.3, -0.25) is 29.7 Å². The van der Waals surface area contributed by atoms with E-state index in [1.807, 2.05) is 30.3 Å². The second-order valence-corrected chi connectivity index (χ2v) is 7.31. The van der Waals surface area contributed by atoms with E-state index in [0.717, 1.165) is 10.8 Å². The maximum Gasteiger partial charge on any atom is 0.305 e. The van der Waals surface area contributed by atoms with Gasteiger partial charge in [-0.25, -0.2) is 4.39 Å². The van der Waals surface area contributed by atoms with Crippen molar-refractivity contribution in [2.45, 2.75) is 31.9 Å². The lowest BCUT2D eigenvalue weighted by Gasteiger charge is -2.29. The summed E-state index contributed by atoms with van der Waals surface area (Å²) in [6, 6.07) is 7.95. The lowest BCUT2D eigenvalue weighted by molar-refractivity contribution is -0.152. The van der Waals surface area contributed by atoms with Gasteiger partial charge < -0.3 is 10.4 Å². The summed E-state index contributed by atoms with van der Waals surface area (Å²) in [6.07, 6.45) is 2.47. The molecule has 2 atom stereocenters. The number of carbonyl (C=O) groups excluding carboxylic acids is 2. The van der Waals surface area contributed by atoms with E-state index in [-0.39, 0.29) is 0 Å². The number of hydrogen-bond acceptors (Lipinski definition) is 6. The van der Waals surface area contributed by atoms with Gasteiger partial charge in [-0.15, -0.1) is 0 Å². The number of carbonyl (C=O) groups is 3. The molecular weight excluding hydrogens is 393 g/mol. The van der Waals surface area contributed by atoms with Crippen LogP contribution in [0.1, 0.15) is 26.0 Å². The van der Waals surface area contributed by atoms with Crippen LogP contribution in [0.3, 0.4) is 0 Å². The molecule has 3 N–H and O–H groups in total. The first-order chi connectivity index (χ1) is 14.3. The number of pyridine rings is 1. The van der Waals surface area contributed by atoms with E-state index >= 15 is 0 Å². The Morgan fingerprint density at radius 2 is 2.00 bits per heavy atom. The predicted molar refractivity (Wildman–Crippen MR) is 107 cm³/mol. The number of aliphatic carboxylic acids is 1. The molecule has 0 spiro atoms. The molecule has 1 aliphatic rings. The molecule has 1 amide bonds. The van der Waals surface area contributed by atoms with Crippen molar-refractivity contribution in [1.82, 2.24) is 15.8 Å². The van der Waals surface area contributed by atoms with Gasteiger partial charge in [0.25, 0.3) is 5.91 Å². The molecule has 0 fully saturated rings. The van der Waals surface area contributed by atoms with Crippen LogP contribution in [-0.4, -0.2) is 46.1 Å². The minimum atomic E-state index is -1.54. The Labute approximate surface area is 172 Å². The predicted octanol–water partition coefficient (Wildman–Crippen LogP) is 2.00. The fourth-order valence-corrected chi connectivity index (χ4v) is 3.31. The van der Waals surface area contributed by atoms with Gasteiger partial charge in [-0.1, -0.05) is 38.1 Å². The molecule has 3 rings (SSSR count). The van der Waals surface area contributed by atoms with Gasteiger partial charge in [-0.2, -0.15) is 0 Å². The Morgan fingerprint density at radius 3 is 2.67 bits per heavy atom. The van der Waals surface area contributed by atoms with Crippen molar-refractivity contribution in [2.24, 2.45) is 5.92 Å². The van der Waals surface area contributed by atoms with Crippen molar-refractivity contribution in [1.29, 1.82) is 0 Å². The third-order valence-corrected chi connectivity index (χ3v) is 5.03. The van der Waals surface area contributed by atoms with Gasteiger partial charge in [0.2, 0.25) is 0 Å². The average Bonchev–Trinajstić information content (AvgIpc) is 3.18. The minimum absolute atomic E-state index is 0.400. The molecule has 158 valence electrons. The third-order valence-electron chi connectivity index (χ3n) is 5.03. The number of ketones is 1. The van der Waals surface area contributed by atoms with Crippen LogP contribution in [0.5, 0.6) is 0 Å². The number of carboxylic acids is 1. The monoisotopic (exact) mass is 415 g/mol. The summed E-state index contributed by atoms with van der Waals surface area (Å²) in [7, 11) is 0. The smallest absolute Gasteiger partial charge is 0.305 e. The van der Waals surface area contributed by atoms with Crippen molar-refractivity contribution in [2.75, 3.05) is 6.67 Å². The summed E-state index contributed by atoms with van der Waals surface area (Å²) >= 11 is 0. The van der Waals surface area contributed by atoms with Gasteiger partial charge in [0.1, 0.15) is 12.7 Å². The van der Waals surface area contributed by atoms with Crippen LogP contribution in [-0.2, 0) is 19.2 Å². The number of fused-ring (bicyclic) bond motifs is 1. The summed E-state index contributed by atoms with van der Waals surface area (Å²) in [6.45, 7) is 2.09. The molecule has 8 nitrogen and oxygen atoms in total.